The van der Waals surface area contributed by atoms with Crippen molar-refractivity contribution < 1.29 is 4.43 Å². The van der Waals surface area contributed by atoms with Crippen LogP contribution in [0, 0.1) is 5.41 Å². The molecule has 0 fully saturated rings. The van der Waals surface area contributed by atoms with Crippen molar-refractivity contribution in [3.05, 3.63) is 30.1 Å². The van der Waals surface area contributed by atoms with Crippen LogP contribution in [0.4, 0.5) is 0 Å². The third-order valence-corrected chi connectivity index (χ3v) is 3.02. The molecule has 0 aliphatic carbocycles. The molecule has 0 aliphatic heterocycles. The molecule has 84 valence electrons. The lowest BCUT2D eigenvalue weighted by Gasteiger charge is -2.32. The minimum Gasteiger partial charge on any atom is -0.413 e. The fraction of sp³-hybridized carbons (Fsp3) is 0.583. The smallest absolute Gasteiger partial charge is 0.171 e. The van der Waals surface area contributed by atoms with Crippen molar-refractivity contribution in [3.63, 3.8) is 0 Å². The zero-order valence-corrected chi connectivity index (χ0v) is 11.5. The summed E-state index contributed by atoms with van der Waals surface area (Å²) in [6.45, 7) is 11.1. The summed E-state index contributed by atoms with van der Waals surface area (Å²) in [4.78, 5) is 4.04. The molecule has 0 amide bonds. The second-order valence-corrected chi connectivity index (χ2v) is 7.58. The second-order valence-electron chi connectivity index (χ2n) is 5.21. The molecule has 1 aromatic heterocycles. The second kappa shape index (κ2) is 4.90. The van der Waals surface area contributed by atoms with Crippen LogP contribution in [0.25, 0.3) is 0 Å². The van der Waals surface area contributed by atoms with Gasteiger partial charge in [-0.1, -0.05) is 20.8 Å². The molecular formula is C12H21NOSi. The van der Waals surface area contributed by atoms with Crippen LogP contribution in [0.1, 0.15) is 32.4 Å². The summed E-state index contributed by atoms with van der Waals surface area (Å²) in [6.07, 6.45) is 3.85. The summed E-state index contributed by atoms with van der Waals surface area (Å²) in [5.74, 6) is 0. The van der Waals surface area contributed by atoms with Gasteiger partial charge in [0.15, 0.2) is 9.04 Å². The summed E-state index contributed by atoms with van der Waals surface area (Å²) >= 11 is 0. The molecular weight excluding hydrogens is 202 g/mol. The molecule has 3 heteroatoms. The van der Waals surface area contributed by atoms with Crippen molar-refractivity contribution in [1.29, 1.82) is 0 Å². The molecule has 0 saturated heterocycles. The van der Waals surface area contributed by atoms with Gasteiger partial charge in [0.05, 0.1) is 6.10 Å². The molecule has 0 radical (unpaired) electrons. The molecule has 1 heterocycles. The summed E-state index contributed by atoms with van der Waals surface area (Å²) in [5, 5.41) is 0. The van der Waals surface area contributed by atoms with Gasteiger partial charge >= 0.3 is 0 Å². The minimum absolute atomic E-state index is 0.138. The highest BCUT2D eigenvalue weighted by Gasteiger charge is 2.27. The maximum absolute atomic E-state index is 6.11. The topological polar surface area (TPSA) is 22.1 Å². The van der Waals surface area contributed by atoms with Crippen LogP contribution in [-0.2, 0) is 4.43 Å². The van der Waals surface area contributed by atoms with Gasteiger partial charge in [-0.25, -0.2) is 0 Å². The fourth-order valence-electron chi connectivity index (χ4n) is 1.59. The number of nitrogens with zero attached hydrogens (tertiary/aromatic N) is 1. The minimum atomic E-state index is -1.02. The van der Waals surface area contributed by atoms with Crippen LogP contribution >= 0.6 is 0 Å². The molecule has 1 unspecified atom stereocenters. The molecule has 0 spiro atoms. The van der Waals surface area contributed by atoms with Crippen LogP contribution < -0.4 is 0 Å². The monoisotopic (exact) mass is 223 g/mol. The number of aromatic nitrogens is 1. The summed E-state index contributed by atoms with van der Waals surface area (Å²) in [6, 6.07) is 4.10. The van der Waals surface area contributed by atoms with Gasteiger partial charge in [-0.15, -0.1) is 0 Å². The Balaban J connectivity index is 2.92. The third-order valence-electron chi connectivity index (χ3n) is 2.20. The normalized spacial score (nSPS) is 14.3. The summed E-state index contributed by atoms with van der Waals surface area (Å²) in [5.41, 5.74) is 1.37. The van der Waals surface area contributed by atoms with Crippen LogP contribution in [0.15, 0.2) is 24.5 Å². The molecule has 0 N–H and O–H groups in total. The molecule has 1 aromatic rings. The summed E-state index contributed by atoms with van der Waals surface area (Å²) < 4.78 is 6.11. The summed E-state index contributed by atoms with van der Waals surface area (Å²) in [7, 11) is -1.02. The average molecular weight is 223 g/mol. The third kappa shape index (κ3) is 3.76. The first kappa shape index (κ1) is 12.4. The SMILES string of the molecule is C[SiH](C)OC(c1ccncc1)C(C)(C)C. The Bertz CT molecular complexity index is 292. The van der Waals surface area contributed by atoms with Crippen molar-refractivity contribution in [2.45, 2.75) is 40.0 Å². The lowest BCUT2D eigenvalue weighted by molar-refractivity contribution is 0.0865. The van der Waals surface area contributed by atoms with E-state index < -0.39 is 9.04 Å². The van der Waals surface area contributed by atoms with E-state index in [-0.39, 0.29) is 11.5 Å². The first-order valence-corrected chi connectivity index (χ1v) is 8.24. The van der Waals surface area contributed by atoms with Gasteiger partial charge in [0.1, 0.15) is 0 Å². The van der Waals surface area contributed by atoms with E-state index in [0.29, 0.717) is 0 Å². The van der Waals surface area contributed by atoms with Gasteiger partial charge in [0.2, 0.25) is 0 Å². The first-order chi connectivity index (χ1) is 6.91. The number of pyridine rings is 1. The van der Waals surface area contributed by atoms with Gasteiger partial charge in [0.25, 0.3) is 0 Å². The van der Waals surface area contributed by atoms with Gasteiger partial charge in [-0.05, 0) is 36.2 Å². The molecule has 0 aromatic carbocycles. The van der Waals surface area contributed by atoms with Gasteiger partial charge in [-0.2, -0.15) is 0 Å². The van der Waals surface area contributed by atoms with E-state index in [4.69, 9.17) is 4.43 Å². The van der Waals surface area contributed by atoms with Crippen LogP contribution in [0.2, 0.25) is 13.1 Å². The van der Waals surface area contributed by atoms with E-state index in [1.807, 2.05) is 24.5 Å². The number of hydrogen-bond acceptors (Lipinski definition) is 2. The maximum atomic E-state index is 6.11. The molecule has 2 nitrogen and oxygen atoms in total. The predicted octanol–water partition coefficient (Wildman–Crippen LogP) is 3.17. The van der Waals surface area contributed by atoms with Crippen molar-refractivity contribution >= 4 is 9.04 Å². The van der Waals surface area contributed by atoms with E-state index >= 15 is 0 Å². The van der Waals surface area contributed by atoms with E-state index in [1.165, 1.54) is 5.56 Å². The van der Waals surface area contributed by atoms with E-state index in [0.717, 1.165) is 0 Å². The highest BCUT2D eigenvalue weighted by Crippen LogP contribution is 2.36. The van der Waals surface area contributed by atoms with Crippen LogP contribution in [0.5, 0.6) is 0 Å². The van der Waals surface area contributed by atoms with Crippen molar-refractivity contribution in [2.75, 3.05) is 0 Å². The standard InChI is InChI=1S/C12H21NOSi/c1-12(2,3)11(14-15(4)5)10-6-8-13-9-7-10/h6-9,11,15H,1-5H3. The molecule has 0 aliphatic rings. The van der Waals surface area contributed by atoms with Crippen molar-refractivity contribution in [1.82, 2.24) is 4.98 Å². The maximum Gasteiger partial charge on any atom is 0.171 e. The Morgan fingerprint density at radius 3 is 2.13 bits per heavy atom. The quantitative estimate of drug-likeness (QED) is 0.734. The van der Waals surface area contributed by atoms with Crippen molar-refractivity contribution in [2.24, 2.45) is 5.41 Å². The first-order valence-electron chi connectivity index (χ1n) is 5.46. The largest absolute Gasteiger partial charge is 0.413 e. The lowest BCUT2D eigenvalue weighted by Crippen LogP contribution is -2.25. The lowest BCUT2D eigenvalue weighted by atomic mass is 9.85. The Labute approximate surface area is 94.4 Å². The van der Waals surface area contributed by atoms with E-state index in [9.17, 15) is 0 Å². The van der Waals surface area contributed by atoms with E-state index in [1.54, 1.807) is 0 Å². The fourth-order valence-corrected chi connectivity index (χ4v) is 2.70. The number of rotatable bonds is 3. The van der Waals surface area contributed by atoms with Crippen LogP contribution in [-0.4, -0.2) is 14.0 Å². The molecule has 1 atom stereocenters. The Morgan fingerprint density at radius 2 is 1.73 bits per heavy atom. The van der Waals surface area contributed by atoms with Gasteiger partial charge in [0, 0.05) is 12.4 Å². The Hall–Kier alpha value is -0.673. The number of hydrogen-bond donors (Lipinski definition) is 0. The molecule has 15 heavy (non-hydrogen) atoms. The highest BCUT2D eigenvalue weighted by atomic mass is 28.3. The van der Waals surface area contributed by atoms with Crippen molar-refractivity contribution in [3.8, 4) is 0 Å². The van der Waals surface area contributed by atoms with E-state index in [2.05, 4.69) is 38.8 Å². The average Bonchev–Trinajstić information content (AvgIpc) is 2.14. The zero-order chi connectivity index (χ0) is 11.5. The van der Waals surface area contributed by atoms with Gasteiger partial charge < -0.3 is 4.43 Å². The van der Waals surface area contributed by atoms with Crippen LogP contribution in [0.3, 0.4) is 0 Å². The Morgan fingerprint density at radius 1 is 1.20 bits per heavy atom. The predicted molar refractivity (Wildman–Crippen MR) is 66.4 cm³/mol. The highest BCUT2D eigenvalue weighted by molar-refractivity contribution is 6.48. The zero-order valence-electron chi connectivity index (χ0n) is 10.3. The Kier molecular flexibility index (Phi) is 4.05. The molecule has 0 saturated carbocycles. The molecule has 1 rings (SSSR count). The molecule has 0 bridgehead atoms. The van der Waals surface area contributed by atoms with Gasteiger partial charge in [-0.3, -0.25) is 4.98 Å².